The van der Waals surface area contributed by atoms with E-state index in [0.29, 0.717) is 17.5 Å². The summed E-state index contributed by atoms with van der Waals surface area (Å²) in [6.45, 7) is 1.65. The van der Waals surface area contributed by atoms with Gasteiger partial charge in [-0.1, -0.05) is 0 Å². The Morgan fingerprint density at radius 2 is 2.12 bits per heavy atom. The number of carbonyl (C=O) groups is 1. The molecule has 2 aliphatic rings. The molecular formula is C17H19N5O2. The molecule has 0 aromatic carbocycles. The normalized spacial score (nSPS) is 22.5. The number of anilines is 1. The highest BCUT2D eigenvalue weighted by Crippen LogP contribution is 2.35. The Hall–Kier alpha value is -2.70. The Morgan fingerprint density at radius 3 is 2.92 bits per heavy atom. The Kier molecular flexibility index (Phi) is 3.76. The molecule has 0 spiro atoms. The predicted octanol–water partition coefficient (Wildman–Crippen LogP) is 1.37. The molecule has 2 saturated heterocycles. The number of ether oxygens (including phenoxy) is 1. The summed E-state index contributed by atoms with van der Waals surface area (Å²) in [7, 11) is 1.60. The van der Waals surface area contributed by atoms with Crippen LogP contribution in [-0.4, -0.2) is 58.0 Å². The molecule has 0 aliphatic carbocycles. The van der Waals surface area contributed by atoms with Crippen molar-refractivity contribution in [3.05, 3.63) is 42.5 Å². The lowest BCUT2D eigenvalue weighted by Crippen LogP contribution is -2.40. The van der Waals surface area contributed by atoms with Gasteiger partial charge in [-0.25, -0.2) is 9.97 Å². The van der Waals surface area contributed by atoms with Crippen LogP contribution in [0.4, 0.5) is 5.82 Å². The first kappa shape index (κ1) is 14.9. The largest absolute Gasteiger partial charge is 0.481 e. The zero-order valence-electron chi connectivity index (χ0n) is 13.5. The number of fused-ring (bicyclic) bond motifs is 1. The van der Waals surface area contributed by atoms with E-state index in [4.69, 9.17) is 4.74 Å². The minimum Gasteiger partial charge on any atom is -0.481 e. The Morgan fingerprint density at radius 1 is 1.25 bits per heavy atom. The van der Waals surface area contributed by atoms with Gasteiger partial charge in [0.05, 0.1) is 24.8 Å². The van der Waals surface area contributed by atoms with Crippen LogP contribution in [-0.2, 0) is 0 Å². The Balaban J connectivity index is 1.54. The fourth-order valence-electron chi connectivity index (χ4n) is 3.78. The van der Waals surface area contributed by atoms with Gasteiger partial charge in [0, 0.05) is 31.5 Å². The molecule has 7 heteroatoms. The molecule has 0 radical (unpaired) electrons. The summed E-state index contributed by atoms with van der Waals surface area (Å²) in [5.74, 6) is 1.49. The molecule has 124 valence electrons. The van der Waals surface area contributed by atoms with E-state index in [2.05, 4.69) is 19.9 Å². The molecule has 2 aromatic heterocycles. The molecule has 0 unspecified atom stereocenters. The summed E-state index contributed by atoms with van der Waals surface area (Å²) >= 11 is 0. The number of hydrogen-bond donors (Lipinski definition) is 0. The molecule has 2 fully saturated rings. The number of aromatic nitrogens is 3. The first-order chi connectivity index (χ1) is 11.8. The monoisotopic (exact) mass is 325 g/mol. The third kappa shape index (κ3) is 2.46. The molecule has 1 amide bonds. The van der Waals surface area contributed by atoms with Crippen molar-refractivity contribution in [2.45, 2.75) is 24.9 Å². The first-order valence-electron chi connectivity index (χ1n) is 8.11. The van der Waals surface area contributed by atoms with Crippen molar-refractivity contribution >= 4 is 11.7 Å². The summed E-state index contributed by atoms with van der Waals surface area (Å²) < 4.78 is 5.19. The van der Waals surface area contributed by atoms with Gasteiger partial charge in [-0.05, 0) is 25.0 Å². The van der Waals surface area contributed by atoms with Crippen molar-refractivity contribution in [2.75, 3.05) is 25.1 Å². The number of likely N-dealkylation sites (tertiary alicyclic amines) is 1. The third-order valence-electron chi connectivity index (χ3n) is 4.88. The molecule has 0 bridgehead atoms. The summed E-state index contributed by atoms with van der Waals surface area (Å²) in [5, 5.41) is 0. The van der Waals surface area contributed by atoms with Gasteiger partial charge in [0.15, 0.2) is 0 Å². The number of carbonyl (C=O) groups excluding carboxylic acids is 1. The highest BCUT2D eigenvalue weighted by Gasteiger charge is 2.45. The highest BCUT2D eigenvalue weighted by molar-refractivity contribution is 5.94. The topological polar surface area (TPSA) is 71.5 Å². The maximum atomic E-state index is 12.8. The van der Waals surface area contributed by atoms with E-state index in [9.17, 15) is 4.79 Å². The van der Waals surface area contributed by atoms with E-state index in [-0.39, 0.29) is 11.9 Å². The van der Waals surface area contributed by atoms with Gasteiger partial charge < -0.3 is 14.5 Å². The second-order valence-corrected chi connectivity index (χ2v) is 6.06. The van der Waals surface area contributed by atoms with Crippen molar-refractivity contribution in [3.63, 3.8) is 0 Å². The SMILES string of the molecule is COc1cc(N2CC[C@H]3[C@@H]2CCN3C(=O)c2cccnc2)ncn1. The highest BCUT2D eigenvalue weighted by atomic mass is 16.5. The molecule has 4 rings (SSSR count). The average Bonchev–Trinajstić information content (AvgIpc) is 3.24. The fourth-order valence-corrected chi connectivity index (χ4v) is 3.78. The summed E-state index contributed by atoms with van der Waals surface area (Å²) in [4.78, 5) is 29.5. The number of pyridine rings is 1. The summed E-state index contributed by atoms with van der Waals surface area (Å²) in [5.41, 5.74) is 0.653. The first-order valence-corrected chi connectivity index (χ1v) is 8.11. The summed E-state index contributed by atoms with van der Waals surface area (Å²) in [6.07, 6.45) is 6.74. The van der Waals surface area contributed by atoms with Gasteiger partial charge in [-0.2, -0.15) is 0 Å². The van der Waals surface area contributed by atoms with Crippen molar-refractivity contribution in [1.29, 1.82) is 0 Å². The van der Waals surface area contributed by atoms with Crippen molar-refractivity contribution in [1.82, 2.24) is 19.9 Å². The maximum absolute atomic E-state index is 12.8. The number of hydrogen-bond acceptors (Lipinski definition) is 6. The average molecular weight is 325 g/mol. The predicted molar refractivity (Wildman–Crippen MR) is 88.0 cm³/mol. The fraction of sp³-hybridized carbons (Fsp3) is 0.412. The van der Waals surface area contributed by atoms with Crippen LogP contribution in [0.15, 0.2) is 36.9 Å². The zero-order chi connectivity index (χ0) is 16.5. The lowest BCUT2D eigenvalue weighted by molar-refractivity contribution is 0.0737. The minimum atomic E-state index is 0.0673. The van der Waals surface area contributed by atoms with Gasteiger partial charge in [-0.15, -0.1) is 0 Å². The van der Waals surface area contributed by atoms with Crippen LogP contribution in [0.25, 0.3) is 0 Å². The number of amides is 1. The van der Waals surface area contributed by atoms with Gasteiger partial charge in [-0.3, -0.25) is 9.78 Å². The molecule has 2 atom stereocenters. The van der Waals surface area contributed by atoms with E-state index in [1.807, 2.05) is 17.0 Å². The number of nitrogens with zero attached hydrogens (tertiary/aromatic N) is 5. The molecular weight excluding hydrogens is 306 g/mol. The van der Waals surface area contributed by atoms with Crippen LogP contribution in [0.5, 0.6) is 5.88 Å². The van der Waals surface area contributed by atoms with Crippen molar-refractivity contribution in [2.24, 2.45) is 0 Å². The molecule has 2 aromatic rings. The standard InChI is InChI=1S/C17H19N5O2/c1-24-16-9-15(19-11-20-16)21-7-4-14-13(21)5-8-22(14)17(23)12-3-2-6-18-10-12/h2-3,6,9-11,13-14H,4-5,7-8H2,1H3/t13-,14-/m0/s1. The smallest absolute Gasteiger partial charge is 0.255 e. The Bertz CT molecular complexity index is 739. The zero-order valence-corrected chi connectivity index (χ0v) is 13.5. The van der Waals surface area contributed by atoms with Crippen molar-refractivity contribution < 1.29 is 9.53 Å². The van der Waals surface area contributed by atoms with E-state index in [1.54, 1.807) is 25.6 Å². The van der Waals surface area contributed by atoms with Gasteiger partial charge in [0.1, 0.15) is 12.1 Å². The molecule has 24 heavy (non-hydrogen) atoms. The Labute approximate surface area is 140 Å². The van der Waals surface area contributed by atoms with Crippen molar-refractivity contribution in [3.8, 4) is 5.88 Å². The molecule has 2 aliphatic heterocycles. The minimum absolute atomic E-state index is 0.0673. The van der Waals surface area contributed by atoms with Crippen LogP contribution in [0.2, 0.25) is 0 Å². The van der Waals surface area contributed by atoms with E-state index in [1.165, 1.54) is 6.33 Å². The van der Waals surface area contributed by atoms with E-state index in [0.717, 1.165) is 31.7 Å². The second kappa shape index (κ2) is 6.07. The lowest BCUT2D eigenvalue weighted by atomic mass is 10.1. The van der Waals surface area contributed by atoms with Crippen LogP contribution < -0.4 is 9.64 Å². The molecule has 0 saturated carbocycles. The molecule has 7 nitrogen and oxygen atoms in total. The van der Waals surface area contributed by atoms with Gasteiger partial charge in [0.25, 0.3) is 5.91 Å². The van der Waals surface area contributed by atoms with E-state index < -0.39 is 0 Å². The van der Waals surface area contributed by atoms with Crippen LogP contribution in [0.3, 0.4) is 0 Å². The van der Waals surface area contributed by atoms with Gasteiger partial charge in [0.2, 0.25) is 5.88 Å². The van der Waals surface area contributed by atoms with Crippen LogP contribution in [0, 0.1) is 0 Å². The van der Waals surface area contributed by atoms with E-state index >= 15 is 0 Å². The molecule has 0 N–H and O–H groups in total. The van der Waals surface area contributed by atoms with Crippen LogP contribution in [0.1, 0.15) is 23.2 Å². The maximum Gasteiger partial charge on any atom is 0.255 e. The summed E-state index contributed by atoms with van der Waals surface area (Å²) in [6, 6.07) is 6.00. The molecule has 4 heterocycles. The van der Waals surface area contributed by atoms with Crippen LogP contribution >= 0.6 is 0 Å². The number of methoxy groups -OCH3 is 1. The quantitative estimate of drug-likeness (QED) is 0.849. The second-order valence-electron chi connectivity index (χ2n) is 6.06. The van der Waals surface area contributed by atoms with Gasteiger partial charge >= 0.3 is 0 Å². The third-order valence-corrected chi connectivity index (χ3v) is 4.88. The lowest BCUT2D eigenvalue weighted by Gasteiger charge is -2.26. The number of rotatable bonds is 3.